The second-order valence-corrected chi connectivity index (χ2v) is 10.4. The SMILES string of the molecule is Cc1c(C)c(C)c(S(=O)(=O)NCCC(=O)NCc2ccc(OCc3cccnc3)cc2)c(C)c1C. The smallest absolute Gasteiger partial charge is 0.241 e. The van der Waals surface area contributed by atoms with Crippen LogP contribution in [0.15, 0.2) is 53.7 Å². The highest BCUT2D eigenvalue weighted by Crippen LogP contribution is 2.29. The number of sulfonamides is 1. The second kappa shape index (κ2) is 11.5. The molecule has 0 aliphatic heterocycles. The summed E-state index contributed by atoms with van der Waals surface area (Å²) in [5.41, 5.74) is 6.44. The molecule has 7 nitrogen and oxygen atoms in total. The summed E-state index contributed by atoms with van der Waals surface area (Å²) >= 11 is 0. The Kier molecular flexibility index (Phi) is 8.64. The van der Waals surface area contributed by atoms with Gasteiger partial charge in [-0.2, -0.15) is 0 Å². The van der Waals surface area contributed by atoms with Gasteiger partial charge in [-0.3, -0.25) is 9.78 Å². The Bertz CT molecular complexity index is 1260. The maximum absolute atomic E-state index is 13.0. The van der Waals surface area contributed by atoms with E-state index in [1.807, 2.05) is 71.0 Å². The average Bonchev–Trinajstić information content (AvgIpc) is 2.85. The van der Waals surface area contributed by atoms with Crippen LogP contribution in [0.2, 0.25) is 0 Å². The number of nitrogens with zero attached hydrogens (tertiary/aromatic N) is 1. The van der Waals surface area contributed by atoms with Gasteiger partial charge in [0.15, 0.2) is 0 Å². The van der Waals surface area contributed by atoms with Crippen LogP contribution in [0.5, 0.6) is 5.75 Å². The topological polar surface area (TPSA) is 97.4 Å². The van der Waals surface area contributed by atoms with Crippen molar-refractivity contribution in [3.8, 4) is 5.75 Å². The standard InChI is InChI=1S/C27H33N3O4S/c1-18-19(2)21(4)27(22(5)20(18)3)35(32,33)30-14-12-26(31)29-16-23-8-10-25(11-9-23)34-17-24-7-6-13-28-15-24/h6-11,13,15,30H,12,14,16-17H2,1-5H3,(H,29,31). The van der Waals surface area contributed by atoms with Gasteiger partial charge in [-0.25, -0.2) is 13.1 Å². The molecule has 0 atom stereocenters. The molecule has 3 aromatic rings. The number of nitrogens with one attached hydrogen (secondary N) is 2. The lowest BCUT2D eigenvalue weighted by atomic mass is 9.95. The fraction of sp³-hybridized carbons (Fsp3) is 0.333. The van der Waals surface area contributed by atoms with Crippen LogP contribution in [0.1, 0.15) is 45.4 Å². The molecule has 8 heteroatoms. The molecule has 2 aromatic carbocycles. The van der Waals surface area contributed by atoms with Gasteiger partial charge in [-0.05, 0) is 86.2 Å². The number of carbonyl (C=O) groups excluding carboxylic acids is 1. The van der Waals surface area contributed by atoms with Crippen LogP contribution in [0.25, 0.3) is 0 Å². The minimum absolute atomic E-state index is 0.0279. The van der Waals surface area contributed by atoms with Gasteiger partial charge in [0.25, 0.3) is 0 Å². The third-order valence-corrected chi connectivity index (χ3v) is 8.12. The van der Waals surface area contributed by atoms with Gasteiger partial charge in [0.1, 0.15) is 12.4 Å². The van der Waals surface area contributed by atoms with Gasteiger partial charge in [-0.15, -0.1) is 0 Å². The summed E-state index contributed by atoms with van der Waals surface area (Å²) < 4.78 is 34.3. The predicted octanol–water partition coefficient (Wildman–Crippen LogP) is 4.19. The third-order valence-electron chi connectivity index (χ3n) is 6.39. The zero-order chi connectivity index (χ0) is 25.6. The van der Waals surface area contributed by atoms with Crippen molar-refractivity contribution < 1.29 is 17.9 Å². The number of aromatic nitrogens is 1. The van der Waals surface area contributed by atoms with E-state index in [2.05, 4.69) is 15.0 Å². The number of rotatable bonds is 10. The highest BCUT2D eigenvalue weighted by atomic mass is 32.2. The number of hydrogen-bond donors (Lipinski definition) is 2. The number of benzene rings is 2. The number of carbonyl (C=O) groups is 1. The fourth-order valence-electron chi connectivity index (χ4n) is 3.88. The summed E-state index contributed by atoms with van der Waals surface area (Å²) in [5.74, 6) is 0.500. The molecule has 0 unspecified atom stereocenters. The maximum Gasteiger partial charge on any atom is 0.241 e. The molecule has 1 heterocycles. The molecule has 0 fully saturated rings. The number of hydrogen-bond acceptors (Lipinski definition) is 5. The van der Waals surface area contributed by atoms with Crippen molar-refractivity contribution in [2.45, 2.75) is 59.1 Å². The van der Waals surface area contributed by atoms with E-state index in [0.717, 1.165) is 44.7 Å². The zero-order valence-corrected chi connectivity index (χ0v) is 21.8. The molecule has 0 aliphatic carbocycles. The van der Waals surface area contributed by atoms with Crippen molar-refractivity contribution in [1.29, 1.82) is 0 Å². The lowest BCUT2D eigenvalue weighted by Crippen LogP contribution is -2.31. The summed E-state index contributed by atoms with van der Waals surface area (Å²) in [6.45, 7) is 10.3. The molecule has 3 rings (SSSR count). The van der Waals surface area contributed by atoms with Crippen molar-refractivity contribution in [3.05, 3.63) is 87.7 Å². The van der Waals surface area contributed by atoms with E-state index in [-0.39, 0.29) is 18.9 Å². The van der Waals surface area contributed by atoms with Crippen LogP contribution in [-0.2, 0) is 28.0 Å². The molecule has 0 radical (unpaired) electrons. The number of amides is 1. The van der Waals surface area contributed by atoms with E-state index in [1.54, 1.807) is 12.4 Å². The lowest BCUT2D eigenvalue weighted by molar-refractivity contribution is -0.121. The fourth-order valence-corrected chi connectivity index (χ4v) is 5.51. The summed E-state index contributed by atoms with van der Waals surface area (Å²) in [5, 5.41) is 2.83. The first kappa shape index (κ1) is 26.4. The monoisotopic (exact) mass is 495 g/mol. The quantitative estimate of drug-likeness (QED) is 0.440. The second-order valence-electron chi connectivity index (χ2n) is 8.67. The normalized spacial score (nSPS) is 11.3. The van der Waals surface area contributed by atoms with E-state index in [1.165, 1.54) is 0 Å². The van der Waals surface area contributed by atoms with Crippen molar-refractivity contribution in [2.24, 2.45) is 0 Å². The maximum atomic E-state index is 13.0. The van der Waals surface area contributed by atoms with Crippen molar-refractivity contribution in [2.75, 3.05) is 6.54 Å². The minimum atomic E-state index is -3.72. The van der Waals surface area contributed by atoms with E-state index in [0.29, 0.717) is 18.0 Å². The first-order valence-corrected chi connectivity index (χ1v) is 13.0. The van der Waals surface area contributed by atoms with Gasteiger partial charge in [0, 0.05) is 37.5 Å². The molecule has 1 aromatic heterocycles. The zero-order valence-electron chi connectivity index (χ0n) is 20.9. The molecule has 0 spiro atoms. The summed E-state index contributed by atoms with van der Waals surface area (Å²) in [6, 6.07) is 11.3. The molecular weight excluding hydrogens is 462 g/mol. The molecule has 2 N–H and O–H groups in total. The lowest BCUT2D eigenvalue weighted by Gasteiger charge is -2.19. The van der Waals surface area contributed by atoms with Crippen LogP contribution in [0.4, 0.5) is 0 Å². The van der Waals surface area contributed by atoms with Crippen LogP contribution < -0.4 is 14.8 Å². The predicted molar refractivity (Wildman–Crippen MR) is 137 cm³/mol. The van der Waals surface area contributed by atoms with Crippen molar-refractivity contribution >= 4 is 15.9 Å². The highest BCUT2D eigenvalue weighted by Gasteiger charge is 2.23. The number of pyridine rings is 1. The molecule has 0 saturated heterocycles. The van der Waals surface area contributed by atoms with Crippen LogP contribution in [-0.4, -0.2) is 25.9 Å². The largest absolute Gasteiger partial charge is 0.489 e. The molecule has 1 amide bonds. The molecule has 0 aliphatic rings. The van der Waals surface area contributed by atoms with Gasteiger partial charge in [-0.1, -0.05) is 18.2 Å². The third kappa shape index (κ3) is 6.68. The number of ether oxygens (including phenoxy) is 1. The Labute approximate surface area is 208 Å². The van der Waals surface area contributed by atoms with Gasteiger partial charge < -0.3 is 10.1 Å². The Morgan fingerprint density at radius 1 is 0.886 bits per heavy atom. The summed E-state index contributed by atoms with van der Waals surface area (Å²) in [4.78, 5) is 16.6. The van der Waals surface area contributed by atoms with E-state index < -0.39 is 10.0 Å². The molecule has 186 valence electrons. The first-order valence-electron chi connectivity index (χ1n) is 11.5. The van der Waals surface area contributed by atoms with E-state index in [9.17, 15) is 13.2 Å². The Morgan fingerprint density at radius 2 is 1.51 bits per heavy atom. The van der Waals surface area contributed by atoms with Gasteiger partial charge in [0.2, 0.25) is 15.9 Å². The summed E-state index contributed by atoms with van der Waals surface area (Å²) in [6.07, 6.45) is 3.53. The first-order chi connectivity index (χ1) is 16.6. The Balaban J connectivity index is 1.48. The van der Waals surface area contributed by atoms with Crippen molar-refractivity contribution in [1.82, 2.24) is 15.0 Å². The summed E-state index contributed by atoms with van der Waals surface area (Å²) in [7, 11) is -3.72. The Morgan fingerprint density at radius 3 is 2.11 bits per heavy atom. The highest BCUT2D eigenvalue weighted by molar-refractivity contribution is 7.89. The van der Waals surface area contributed by atoms with Gasteiger partial charge in [0.05, 0.1) is 4.90 Å². The Hall–Kier alpha value is -3.23. The van der Waals surface area contributed by atoms with Crippen LogP contribution >= 0.6 is 0 Å². The van der Waals surface area contributed by atoms with Gasteiger partial charge >= 0.3 is 0 Å². The van der Waals surface area contributed by atoms with Crippen LogP contribution in [0, 0.1) is 34.6 Å². The van der Waals surface area contributed by atoms with E-state index >= 15 is 0 Å². The minimum Gasteiger partial charge on any atom is -0.489 e. The molecule has 35 heavy (non-hydrogen) atoms. The molecular formula is C27H33N3O4S. The molecule has 0 bridgehead atoms. The average molecular weight is 496 g/mol. The van der Waals surface area contributed by atoms with E-state index in [4.69, 9.17) is 4.74 Å². The van der Waals surface area contributed by atoms with Crippen LogP contribution in [0.3, 0.4) is 0 Å². The molecule has 0 saturated carbocycles. The van der Waals surface area contributed by atoms with Crippen molar-refractivity contribution in [3.63, 3.8) is 0 Å².